The van der Waals surface area contributed by atoms with E-state index in [1.807, 2.05) is 43.5 Å². The maximum absolute atomic E-state index is 12.6. The van der Waals surface area contributed by atoms with Crippen LogP contribution in [0.3, 0.4) is 0 Å². The summed E-state index contributed by atoms with van der Waals surface area (Å²) in [5.74, 6) is -0.121. The SMILES string of the molecule is CCc1cccc(C)c1NC(=O)c1cc(N)cn1C(C)C. The van der Waals surface area contributed by atoms with Crippen LogP contribution in [0.5, 0.6) is 0 Å². The van der Waals surface area contributed by atoms with Gasteiger partial charge in [-0.1, -0.05) is 25.1 Å². The summed E-state index contributed by atoms with van der Waals surface area (Å²) in [5, 5.41) is 3.04. The van der Waals surface area contributed by atoms with Crippen LogP contribution in [0.1, 0.15) is 48.4 Å². The number of carbonyl (C=O) groups excluding carboxylic acids is 1. The van der Waals surface area contributed by atoms with Gasteiger partial charge in [-0.15, -0.1) is 0 Å². The highest BCUT2D eigenvalue weighted by Gasteiger charge is 2.16. The summed E-state index contributed by atoms with van der Waals surface area (Å²) in [6.07, 6.45) is 2.68. The highest BCUT2D eigenvalue weighted by molar-refractivity contribution is 6.04. The first kappa shape index (κ1) is 15.2. The zero-order valence-corrected chi connectivity index (χ0v) is 13.1. The van der Waals surface area contributed by atoms with Crippen LogP contribution >= 0.6 is 0 Å². The highest BCUT2D eigenvalue weighted by atomic mass is 16.2. The fraction of sp³-hybridized carbons (Fsp3) is 0.353. The fourth-order valence-electron chi connectivity index (χ4n) is 2.49. The first-order valence-electron chi connectivity index (χ1n) is 7.31. The van der Waals surface area contributed by atoms with Crippen molar-refractivity contribution in [2.24, 2.45) is 0 Å². The lowest BCUT2D eigenvalue weighted by molar-refractivity contribution is 0.101. The molecule has 0 unspecified atom stereocenters. The van der Waals surface area contributed by atoms with Gasteiger partial charge in [-0.25, -0.2) is 0 Å². The number of aryl methyl sites for hydroxylation is 2. The minimum absolute atomic E-state index is 0.121. The van der Waals surface area contributed by atoms with Gasteiger partial charge in [0.2, 0.25) is 0 Å². The van der Waals surface area contributed by atoms with E-state index in [1.165, 1.54) is 0 Å². The number of nitrogens with two attached hydrogens (primary N) is 1. The molecule has 3 N–H and O–H groups in total. The van der Waals surface area contributed by atoms with E-state index >= 15 is 0 Å². The van der Waals surface area contributed by atoms with Gasteiger partial charge in [0.15, 0.2) is 0 Å². The van der Waals surface area contributed by atoms with Gasteiger partial charge in [-0.2, -0.15) is 0 Å². The smallest absolute Gasteiger partial charge is 0.272 e. The van der Waals surface area contributed by atoms with Crippen LogP contribution in [-0.4, -0.2) is 10.5 Å². The lowest BCUT2D eigenvalue weighted by Gasteiger charge is -2.15. The summed E-state index contributed by atoms with van der Waals surface area (Å²) in [6, 6.07) is 7.96. The molecule has 1 aromatic heterocycles. The lowest BCUT2D eigenvalue weighted by atomic mass is 10.1. The predicted molar refractivity (Wildman–Crippen MR) is 87.7 cm³/mol. The molecule has 1 aromatic carbocycles. The average Bonchev–Trinajstić information content (AvgIpc) is 2.83. The number of benzene rings is 1. The molecule has 0 aliphatic carbocycles. The van der Waals surface area contributed by atoms with Crippen LogP contribution in [0.25, 0.3) is 0 Å². The van der Waals surface area contributed by atoms with Gasteiger partial charge in [-0.3, -0.25) is 4.79 Å². The van der Waals surface area contributed by atoms with Crippen LogP contribution in [0.4, 0.5) is 11.4 Å². The molecule has 0 saturated heterocycles. The normalized spacial score (nSPS) is 10.9. The van der Waals surface area contributed by atoms with Crippen LogP contribution in [0.15, 0.2) is 30.5 Å². The number of nitrogens with one attached hydrogen (secondary N) is 1. The Balaban J connectivity index is 2.35. The molecular weight excluding hydrogens is 262 g/mol. The summed E-state index contributed by atoms with van der Waals surface area (Å²) in [7, 11) is 0. The molecule has 2 aromatic rings. The van der Waals surface area contributed by atoms with E-state index in [1.54, 1.807) is 12.3 Å². The van der Waals surface area contributed by atoms with Crippen LogP contribution < -0.4 is 11.1 Å². The number of hydrogen-bond donors (Lipinski definition) is 2. The molecular formula is C17H23N3O. The van der Waals surface area contributed by atoms with E-state index in [2.05, 4.69) is 12.2 Å². The Morgan fingerprint density at radius 1 is 1.38 bits per heavy atom. The second-order valence-electron chi connectivity index (χ2n) is 5.58. The third kappa shape index (κ3) is 3.10. The van der Waals surface area contributed by atoms with E-state index in [0.29, 0.717) is 11.4 Å². The van der Waals surface area contributed by atoms with Crippen molar-refractivity contribution in [2.75, 3.05) is 11.1 Å². The topological polar surface area (TPSA) is 60.1 Å². The first-order chi connectivity index (χ1) is 9.93. The predicted octanol–water partition coefficient (Wildman–Crippen LogP) is 3.77. The third-order valence-electron chi connectivity index (χ3n) is 3.64. The molecule has 1 amide bonds. The highest BCUT2D eigenvalue weighted by Crippen LogP contribution is 2.23. The van der Waals surface area contributed by atoms with E-state index < -0.39 is 0 Å². The Bertz CT molecular complexity index is 656. The number of nitrogens with zero attached hydrogens (tertiary/aromatic N) is 1. The molecule has 4 nitrogen and oxygen atoms in total. The van der Waals surface area contributed by atoms with Crippen molar-refractivity contribution in [3.63, 3.8) is 0 Å². The van der Waals surface area contributed by atoms with Crippen molar-refractivity contribution in [2.45, 2.75) is 40.2 Å². The maximum Gasteiger partial charge on any atom is 0.272 e. The van der Waals surface area contributed by atoms with Gasteiger partial charge in [0.1, 0.15) is 5.69 Å². The number of nitrogen functional groups attached to an aromatic ring is 1. The maximum atomic E-state index is 12.6. The Morgan fingerprint density at radius 2 is 2.10 bits per heavy atom. The average molecular weight is 285 g/mol. The minimum atomic E-state index is -0.121. The number of aromatic nitrogens is 1. The van der Waals surface area contributed by atoms with E-state index in [4.69, 9.17) is 5.73 Å². The number of amides is 1. The molecule has 0 aliphatic rings. The molecule has 0 radical (unpaired) electrons. The monoisotopic (exact) mass is 285 g/mol. The van der Waals surface area contributed by atoms with Crippen molar-refractivity contribution in [3.8, 4) is 0 Å². The summed E-state index contributed by atoms with van der Waals surface area (Å²) in [4.78, 5) is 12.6. The molecule has 4 heteroatoms. The van der Waals surface area contributed by atoms with Gasteiger partial charge < -0.3 is 15.6 Å². The van der Waals surface area contributed by atoms with Crippen molar-refractivity contribution in [1.82, 2.24) is 4.57 Å². The minimum Gasteiger partial charge on any atom is -0.397 e. The summed E-state index contributed by atoms with van der Waals surface area (Å²) in [6.45, 7) is 8.15. The van der Waals surface area contributed by atoms with Gasteiger partial charge >= 0.3 is 0 Å². The third-order valence-corrected chi connectivity index (χ3v) is 3.64. The van der Waals surface area contributed by atoms with Crippen molar-refractivity contribution in [3.05, 3.63) is 47.3 Å². The van der Waals surface area contributed by atoms with Gasteiger partial charge in [-0.05, 0) is 44.4 Å². The van der Waals surface area contributed by atoms with Gasteiger partial charge in [0, 0.05) is 17.9 Å². The molecule has 0 bridgehead atoms. The second kappa shape index (κ2) is 6.04. The number of rotatable bonds is 4. The summed E-state index contributed by atoms with van der Waals surface area (Å²) in [5.41, 5.74) is 10.1. The zero-order chi connectivity index (χ0) is 15.6. The van der Waals surface area contributed by atoms with Crippen LogP contribution in [0, 0.1) is 6.92 Å². The Kier molecular flexibility index (Phi) is 4.36. The van der Waals surface area contributed by atoms with E-state index in [9.17, 15) is 4.79 Å². The lowest BCUT2D eigenvalue weighted by Crippen LogP contribution is -2.19. The van der Waals surface area contributed by atoms with Crippen LogP contribution in [0.2, 0.25) is 0 Å². The largest absolute Gasteiger partial charge is 0.397 e. The molecule has 0 aliphatic heterocycles. The number of para-hydroxylation sites is 1. The Morgan fingerprint density at radius 3 is 2.71 bits per heavy atom. The molecule has 0 saturated carbocycles. The van der Waals surface area contributed by atoms with Crippen molar-refractivity contribution in [1.29, 1.82) is 0 Å². The molecule has 0 fully saturated rings. The van der Waals surface area contributed by atoms with Crippen LogP contribution in [-0.2, 0) is 6.42 Å². The molecule has 112 valence electrons. The molecule has 0 spiro atoms. The number of anilines is 2. The van der Waals surface area contributed by atoms with Crippen molar-refractivity contribution >= 4 is 17.3 Å². The second-order valence-corrected chi connectivity index (χ2v) is 5.58. The number of hydrogen-bond acceptors (Lipinski definition) is 2. The molecule has 2 rings (SSSR count). The van der Waals surface area contributed by atoms with Gasteiger partial charge in [0.25, 0.3) is 5.91 Å². The fourth-order valence-corrected chi connectivity index (χ4v) is 2.49. The van der Waals surface area contributed by atoms with E-state index in [0.717, 1.165) is 23.2 Å². The summed E-state index contributed by atoms with van der Waals surface area (Å²) >= 11 is 0. The van der Waals surface area contributed by atoms with Crippen molar-refractivity contribution < 1.29 is 4.79 Å². The summed E-state index contributed by atoms with van der Waals surface area (Å²) < 4.78 is 1.90. The zero-order valence-electron chi connectivity index (χ0n) is 13.1. The molecule has 0 atom stereocenters. The molecule has 21 heavy (non-hydrogen) atoms. The Labute approximate surface area is 126 Å². The molecule has 1 heterocycles. The van der Waals surface area contributed by atoms with E-state index in [-0.39, 0.29) is 11.9 Å². The Hall–Kier alpha value is -2.23. The van der Waals surface area contributed by atoms with Gasteiger partial charge in [0.05, 0.1) is 5.69 Å². The number of carbonyl (C=O) groups is 1. The first-order valence-corrected chi connectivity index (χ1v) is 7.31. The standard InChI is InChI=1S/C17H23N3O/c1-5-13-8-6-7-12(4)16(13)19-17(21)15-9-14(18)10-20(15)11(2)3/h6-11H,5,18H2,1-4H3,(H,19,21). The quantitative estimate of drug-likeness (QED) is 0.898.